The van der Waals surface area contributed by atoms with Crippen LogP contribution in [-0.4, -0.2) is 22.7 Å². The van der Waals surface area contributed by atoms with E-state index in [-0.39, 0.29) is 30.1 Å². The highest BCUT2D eigenvalue weighted by Gasteiger charge is 2.32. The van der Waals surface area contributed by atoms with Crippen LogP contribution in [-0.2, 0) is 9.59 Å². The molecule has 34 heavy (non-hydrogen) atoms. The van der Waals surface area contributed by atoms with E-state index in [1.54, 1.807) is 18.2 Å². The number of amides is 2. The number of benzene rings is 3. The maximum absolute atomic E-state index is 13.5. The van der Waals surface area contributed by atoms with Crippen molar-refractivity contribution in [3.8, 4) is 0 Å². The molecule has 1 aliphatic rings. The maximum Gasteiger partial charge on any atom is 0.283 e. The molecule has 0 saturated heterocycles. The van der Waals surface area contributed by atoms with Crippen molar-refractivity contribution in [2.24, 2.45) is 4.99 Å². The summed E-state index contributed by atoms with van der Waals surface area (Å²) in [6.45, 7) is 1.94. The van der Waals surface area contributed by atoms with E-state index in [1.807, 2.05) is 67.6 Å². The van der Waals surface area contributed by atoms with Crippen LogP contribution in [0.3, 0.4) is 0 Å². The molecule has 0 unspecified atom stereocenters. The Bertz CT molecular complexity index is 1210. The Morgan fingerprint density at radius 2 is 1.68 bits per heavy atom. The summed E-state index contributed by atoms with van der Waals surface area (Å²) in [5.41, 5.74) is 2.71. The minimum absolute atomic E-state index is 0.0813. The number of aliphatic imine (C=N–C) groups is 1. The molecular formula is C27H24FN3O2S. The van der Waals surface area contributed by atoms with Gasteiger partial charge in [0.05, 0.1) is 11.7 Å². The SMILES string of the molecule is C[C@H](NC(=O)CCSC1=N/C(=C\c2ccccc2)C(=O)N1c1ccc(F)cc1)c1ccccc1. The first-order valence-corrected chi connectivity index (χ1v) is 11.9. The van der Waals surface area contributed by atoms with Crippen LogP contribution in [0.5, 0.6) is 0 Å². The van der Waals surface area contributed by atoms with Crippen LogP contribution >= 0.6 is 11.8 Å². The first-order valence-electron chi connectivity index (χ1n) is 10.9. The molecule has 5 nitrogen and oxygen atoms in total. The van der Waals surface area contributed by atoms with Gasteiger partial charge in [-0.1, -0.05) is 72.4 Å². The molecular weight excluding hydrogens is 449 g/mol. The molecule has 2 amide bonds. The quantitative estimate of drug-likeness (QED) is 0.457. The van der Waals surface area contributed by atoms with E-state index in [1.165, 1.54) is 28.8 Å². The molecule has 0 aliphatic carbocycles. The molecule has 3 aromatic rings. The summed E-state index contributed by atoms with van der Waals surface area (Å²) in [6, 6.07) is 24.8. The first kappa shape index (κ1) is 23.4. The monoisotopic (exact) mass is 473 g/mol. The number of anilines is 1. The largest absolute Gasteiger partial charge is 0.350 e. The van der Waals surface area contributed by atoms with Gasteiger partial charge in [-0.2, -0.15) is 0 Å². The van der Waals surface area contributed by atoms with Crippen molar-refractivity contribution < 1.29 is 14.0 Å². The summed E-state index contributed by atoms with van der Waals surface area (Å²) >= 11 is 1.32. The van der Waals surface area contributed by atoms with Gasteiger partial charge in [-0.15, -0.1) is 0 Å². The number of carbonyl (C=O) groups excluding carboxylic acids is 2. The van der Waals surface area contributed by atoms with Crippen LogP contribution < -0.4 is 10.2 Å². The molecule has 0 saturated carbocycles. The number of nitrogens with zero attached hydrogens (tertiary/aromatic N) is 2. The van der Waals surface area contributed by atoms with Crippen molar-refractivity contribution in [1.29, 1.82) is 0 Å². The second-order valence-electron chi connectivity index (χ2n) is 7.75. The predicted molar refractivity (Wildman–Crippen MR) is 136 cm³/mol. The van der Waals surface area contributed by atoms with Crippen molar-refractivity contribution in [1.82, 2.24) is 5.32 Å². The fraction of sp³-hybridized carbons (Fsp3) is 0.148. The molecule has 0 bridgehead atoms. The standard InChI is InChI=1S/C27H24FN3O2S/c1-19(21-10-6-3-7-11-21)29-25(32)16-17-34-27-30-24(18-20-8-4-2-5-9-20)26(33)31(27)23-14-12-22(28)13-15-23/h2-15,18-19H,16-17H2,1H3,(H,29,32)/b24-18-/t19-/m0/s1. The molecule has 1 heterocycles. The van der Waals surface area contributed by atoms with E-state index in [9.17, 15) is 14.0 Å². The van der Waals surface area contributed by atoms with E-state index < -0.39 is 0 Å². The van der Waals surface area contributed by atoms with E-state index >= 15 is 0 Å². The van der Waals surface area contributed by atoms with Gasteiger partial charge in [0.15, 0.2) is 5.17 Å². The summed E-state index contributed by atoms with van der Waals surface area (Å²) in [5.74, 6) is -0.316. The summed E-state index contributed by atoms with van der Waals surface area (Å²) in [6.07, 6.45) is 1.99. The molecule has 3 aromatic carbocycles. The Balaban J connectivity index is 1.46. The van der Waals surface area contributed by atoms with E-state index in [2.05, 4.69) is 10.3 Å². The third-order valence-corrected chi connectivity index (χ3v) is 6.20. The van der Waals surface area contributed by atoms with Gasteiger partial charge >= 0.3 is 0 Å². The lowest BCUT2D eigenvalue weighted by atomic mass is 10.1. The Morgan fingerprint density at radius 3 is 2.35 bits per heavy atom. The van der Waals surface area contributed by atoms with Crippen LogP contribution in [0.25, 0.3) is 6.08 Å². The minimum atomic E-state index is -0.384. The van der Waals surface area contributed by atoms with Crippen LogP contribution in [0.15, 0.2) is 95.6 Å². The number of thioether (sulfide) groups is 1. The van der Waals surface area contributed by atoms with Gasteiger partial charge in [0.1, 0.15) is 11.5 Å². The second kappa shape index (κ2) is 10.9. The van der Waals surface area contributed by atoms with Crippen LogP contribution in [0.2, 0.25) is 0 Å². The first-order chi connectivity index (χ1) is 16.5. The average Bonchev–Trinajstić information content (AvgIpc) is 3.15. The number of hydrogen-bond donors (Lipinski definition) is 1. The zero-order valence-electron chi connectivity index (χ0n) is 18.6. The van der Waals surface area contributed by atoms with Crippen LogP contribution in [0.1, 0.15) is 30.5 Å². The second-order valence-corrected chi connectivity index (χ2v) is 8.81. The molecule has 0 radical (unpaired) electrons. The Labute approximate surface area is 202 Å². The van der Waals surface area contributed by atoms with Gasteiger partial charge in [0.25, 0.3) is 5.91 Å². The zero-order chi connectivity index (χ0) is 23.9. The predicted octanol–water partition coefficient (Wildman–Crippen LogP) is 5.57. The van der Waals surface area contributed by atoms with Crippen molar-refractivity contribution in [2.75, 3.05) is 10.7 Å². The number of hydrogen-bond acceptors (Lipinski definition) is 4. The lowest BCUT2D eigenvalue weighted by molar-refractivity contribution is -0.121. The third kappa shape index (κ3) is 5.80. The van der Waals surface area contributed by atoms with Crippen molar-refractivity contribution >= 4 is 40.5 Å². The lowest BCUT2D eigenvalue weighted by Gasteiger charge is -2.18. The third-order valence-electron chi connectivity index (χ3n) is 5.25. The molecule has 0 aromatic heterocycles. The number of carbonyl (C=O) groups is 2. The van der Waals surface area contributed by atoms with E-state index in [0.717, 1.165) is 11.1 Å². The van der Waals surface area contributed by atoms with E-state index in [4.69, 9.17) is 0 Å². The Kier molecular flexibility index (Phi) is 7.54. The number of amidine groups is 1. The van der Waals surface area contributed by atoms with Crippen molar-refractivity contribution in [2.45, 2.75) is 19.4 Å². The topological polar surface area (TPSA) is 61.8 Å². The highest BCUT2D eigenvalue weighted by Crippen LogP contribution is 2.30. The van der Waals surface area contributed by atoms with Gasteiger partial charge in [-0.05, 0) is 48.4 Å². The maximum atomic E-state index is 13.5. The van der Waals surface area contributed by atoms with Gasteiger partial charge in [-0.3, -0.25) is 14.5 Å². The smallest absolute Gasteiger partial charge is 0.283 e. The van der Waals surface area contributed by atoms with Crippen molar-refractivity contribution in [3.63, 3.8) is 0 Å². The van der Waals surface area contributed by atoms with Gasteiger partial charge < -0.3 is 5.32 Å². The number of halogens is 1. The van der Waals surface area contributed by atoms with Crippen LogP contribution in [0, 0.1) is 5.82 Å². The Hall–Kier alpha value is -3.71. The highest BCUT2D eigenvalue weighted by atomic mass is 32.2. The molecule has 172 valence electrons. The Morgan fingerprint density at radius 1 is 1.03 bits per heavy atom. The normalized spacial score (nSPS) is 15.4. The van der Waals surface area contributed by atoms with Crippen molar-refractivity contribution in [3.05, 3.63) is 108 Å². The van der Waals surface area contributed by atoms with Gasteiger partial charge in [0, 0.05) is 12.2 Å². The fourth-order valence-corrected chi connectivity index (χ4v) is 4.44. The lowest BCUT2D eigenvalue weighted by Crippen LogP contribution is -2.31. The summed E-state index contributed by atoms with van der Waals surface area (Å²) in [7, 11) is 0. The summed E-state index contributed by atoms with van der Waals surface area (Å²) < 4.78 is 13.5. The van der Waals surface area contributed by atoms with Gasteiger partial charge in [0.2, 0.25) is 5.91 Å². The summed E-state index contributed by atoms with van der Waals surface area (Å²) in [5, 5.41) is 3.46. The number of nitrogens with one attached hydrogen (secondary N) is 1. The molecule has 0 fully saturated rings. The molecule has 1 atom stereocenters. The minimum Gasteiger partial charge on any atom is -0.350 e. The van der Waals surface area contributed by atoms with Gasteiger partial charge in [-0.25, -0.2) is 9.38 Å². The molecule has 1 N–H and O–H groups in total. The zero-order valence-corrected chi connectivity index (χ0v) is 19.5. The number of rotatable bonds is 7. The fourth-order valence-electron chi connectivity index (χ4n) is 3.49. The molecule has 7 heteroatoms. The average molecular weight is 474 g/mol. The molecule has 1 aliphatic heterocycles. The summed E-state index contributed by atoms with van der Waals surface area (Å²) in [4.78, 5) is 31.6. The van der Waals surface area contributed by atoms with Crippen LogP contribution in [0.4, 0.5) is 10.1 Å². The highest BCUT2D eigenvalue weighted by molar-refractivity contribution is 8.14. The molecule has 0 spiro atoms. The molecule has 4 rings (SSSR count). The van der Waals surface area contributed by atoms with E-state index in [0.29, 0.717) is 22.3 Å².